The average molecular weight is 886 g/mol. The van der Waals surface area contributed by atoms with Crippen LogP contribution in [-0.2, 0) is 47.4 Å². The molecule has 5 unspecified atom stereocenters. The van der Waals surface area contributed by atoms with Crippen molar-refractivity contribution >= 4 is 54.2 Å². The number of rotatable bonds is 5. The summed E-state index contributed by atoms with van der Waals surface area (Å²) in [5.74, 6) is -1.31. The molecule has 2 aliphatic heterocycles. The highest BCUT2D eigenvalue weighted by Crippen LogP contribution is 2.40. The maximum Gasteiger partial charge on any atom is 0.509 e. The second-order valence-electron chi connectivity index (χ2n) is 20.3. The highest BCUT2D eigenvalue weighted by Gasteiger charge is 2.58. The van der Waals surface area contributed by atoms with Crippen molar-refractivity contribution in [3.63, 3.8) is 0 Å². The molecule has 0 radical (unpaired) electrons. The van der Waals surface area contributed by atoms with E-state index in [0.717, 1.165) is 4.90 Å². The summed E-state index contributed by atoms with van der Waals surface area (Å²) in [6.45, 7) is 27.3. The van der Waals surface area contributed by atoms with Gasteiger partial charge in [0, 0.05) is 0 Å². The number of fused-ring (bicyclic) bond motifs is 2. The highest BCUT2D eigenvalue weighted by atomic mass is 16.8. The summed E-state index contributed by atoms with van der Waals surface area (Å²) in [7, 11) is 0. The van der Waals surface area contributed by atoms with Crippen LogP contribution in [0.5, 0.6) is 0 Å². The number of amides is 2. The van der Waals surface area contributed by atoms with Gasteiger partial charge in [0.1, 0.15) is 58.0 Å². The number of hydrogen-bond donors (Lipinski definition) is 2. The van der Waals surface area contributed by atoms with Gasteiger partial charge >= 0.3 is 36.7 Å². The summed E-state index contributed by atoms with van der Waals surface area (Å²) in [4.78, 5) is 101. The van der Waals surface area contributed by atoms with Gasteiger partial charge in [-0.3, -0.25) is 10.1 Å². The highest BCUT2D eigenvalue weighted by molar-refractivity contribution is 5.95. The third-order valence-electron chi connectivity index (χ3n) is 7.30. The first kappa shape index (κ1) is 50.8. The first-order valence-corrected chi connectivity index (χ1v) is 19.8. The van der Waals surface area contributed by atoms with E-state index in [1.165, 1.54) is 20.8 Å². The van der Waals surface area contributed by atoms with Gasteiger partial charge in [-0.05, 0) is 125 Å². The fourth-order valence-electron chi connectivity index (χ4n) is 5.47. The van der Waals surface area contributed by atoms with Crippen molar-refractivity contribution in [2.45, 2.75) is 189 Å². The van der Waals surface area contributed by atoms with Crippen molar-refractivity contribution in [2.24, 2.45) is 0 Å². The lowest BCUT2D eigenvalue weighted by atomic mass is 9.93. The molecule has 0 aromatic carbocycles. The van der Waals surface area contributed by atoms with Crippen LogP contribution in [0, 0.1) is 0 Å². The third kappa shape index (κ3) is 15.1. The van der Waals surface area contributed by atoms with Crippen molar-refractivity contribution in [3.05, 3.63) is 10.4 Å². The maximum atomic E-state index is 14.7. The van der Waals surface area contributed by atoms with Crippen molar-refractivity contribution in [1.82, 2.24) is 9.55 Å². The number of ether oxygens (including phenoxy) is 10. The van der Waals surface area contributed by atoms with E-state index in [9.17, 15) is 33.6 Å². The van der Waals surface area contributed by atoms with Gasteiger partial charge in [-0.1, -0.05) is 0 Å². The van der Waals surface area contributed by atoms with E-state index < -0.39 is 131 Å². The molecule has 3 heterocycles. The fourth-order valence-corrected chi connectivity index (χ4v) is 5.47. The first-order valence-electron chi connectivity index (χ1n) is 19.8. The number of hydrogen-bond acceptors (Lipinski definition) is 19. The van der Waals surface area contributed by atoms with Gasteiger partial charge in [0.25, 0.3) is 5.56 Å². The molecule has 0 bridgehead atoms. The largest absolute Gasteiger partial charge is 0.509 e. The summed E-state index contributed by atoms with van der Waals surface area (Å²) >= 11 is 0. The van der Waals surface area contributed by atoms with E-state index in [1.807, 2.05) is 0 Å². The van der Waals surface area contributed by atoms with Crippen molar-refractivity contribution in [2.75, 3.05) is 22.1 Å². The van der Waals surface area contributed by atoms with E-state index in [2.05, 4.69) is 15.6 Å². The molecule has 3 rings (SSSR count). The molecule has 2 aliphatic rings. The Morgan fingerprint density at radius 3 is 1.52 bits per heavy atom. The number of carbonyl (C=O) groups is 6. The molecule has 1 aromatic heterocycles. The molecule has 5 atom stereocenters. The Labute approximate surface area is 360 Å². The van der Waals surface area contributed by atoms with Crippen LogP contribution in [0.3, 0.4) is 0 Å². The summed E-state index contributed by atoms with van der Waals surface area (Å²) in [5.41, 5.74) is -8.50. The molecule has 1 aromatic rings. The lowest BCUT2D eigenvalue weighted by molar-refractivity contribution is -0.202. The zero-order chi connectivity index (χ0) is 47.7. The standard InChI is InChI=1S/C40H63N5O17/c1-35(2,3)57-29(47)43-28-42-25-22(26(46)45(28)31(49)59-37(7,8)9)41-21-24(56-34(52)62-40(16,17)18)23(55-33(51)61-39(13,14)15)20(19-53-32(50)60-38(10,11)12)54-27(21)44(25)30(48)58-36(4,5)6/h20-21,23-24,27,41H,19H2,1-18H3,(H,42,43,47). The molecule has 0 aliphatic carbocycles. The van der Waals surface area contributed by atoms with E-state index in [-0.39, 0.29) is 0 Å². The topological polar surface area (TPSA) is 257 Å². The minimum Gasteiger partial charge on any atom is -0.444 e. The van der Waals surface area contributed by atoms with Crippen LogP contribution in [0.2, 0.25) is 0 Å². The van der Waals surface area contributed by atoms with Gasteiger partial charge in [0.05, 0.1) is 0 Å². The smallest absolute Gasteiger partial charge is 0.444 e. The van der Waals surface area contributed by atoms with Crippen molar-refractivity contribution in [3.8, 4) is 0 Å². The predicted molar refractivity (Wildman–Crippen MR) is 219 cm³/mol. The van der Waals surface area contributed by atoms with Crippen LogP contribution < -0.4 is 21.1 Å². The normalized spacial score (nSPS) is 20.5. The zero-order valence-electron chi connectivity index (χ0n) is 38.9. The van der Waals surface area contributed by atoms with Crippen molar-refractivity contribution in [1.29, 1.82) is 0 Å². The molecule has 1 fully saturated rings. The second-order valence-corrected chi connectivity index (χ2v) is 20.3. The van der Waals surface area contributed by atoms with Gasteiger partial charge in [0.15, 0.2) is 24.3 Å². The van der Waals surface area contributed by atoms with Crippen LogP contribution in [-0.4, -0.2) is 117 Å². The van der Waals surface area contributed by atoms with Crippen LogP contribution in [0.15, 0.2) is 4.79 Å². The zero-order valence-corrected chi connectivity index (χ0v) is 38.9. The minimum absolute atomic E-state index is 0.383. The van der Waals surface area contributed by atoms with Crippen LogP contribution in [0.1, 0.15) is 125 Å². The van der Waals surface area contributed by atoms with Crippen molar-refractivity contribution < 1.29 is 76.1 Å². The fraction of sp³-hybridized carbons (Fsp3) is 0.750. The molecule has 0 spiro atoms. The van der Waals surface area contributed by atoms with Crippen LogP contribution in [0.4, 0.5) is 46.2 Å². The number of anilines is 3. The molecule has 2 N–H and O–H groups in total. The Kier molecular flexibility index (Phi) is 14.8. The van der Waals surface area contributed by atoms with Gasteiger partial charge < -0.3 is 52.7 Å². The number of aromatic nitrogens is 2. The Bertz CT molecular complexity index is 1920. The Morgan fingerprint density at radius 1 is 0.613 bits per heavy atom. The lowest BCUT2D eigenvalue weighted by Gasteiger charge is -2.50. The van der Waals surface area contributed by atoms with E-state index in [1.54, 1.807) is 104 Å². The third-order valence-corrected chi connectivity index (χ3v) is 7.30. The predicted octanol–water partition coefficient (Wildman–Crippen LogP) is 7.23. The van der Waals surface area contributed by atoms with E-state index in [4.69, 9.17) is 47.4 Å². The summed E-state index contributed by atoms with van der Waals surface area (Å²) in [6.07, 6.45) is -14.3. The average Bonchev–Trinajstić information content (AvgIpc) is 2.99. The lowest BCUT2D eigenvalue weighted by Crippen LogP contribution is -2.70. The summed E-state index contributed by atoms with van der Waals surface area (Å²) in [5, 5.41) is 5.14. The summed E-state index contributed by atoms with van der Waals surface area (Å²) < 4.78 is 56.6. The molecule has 22 nitrogen and oxygen atoms in total. The Balaban J connectivity index is 2.43. The van der Waals surface area contributed by atoms with Gasteiger partial charge in [-0.15, -0.1) is 0 Å². The number of carbonyl (C=O) groups excluding carboxylic acids is 6. The first-order chi connectivity index (χ1) is 27.8. The van der Waals surface area contributed by atoms with Crippen LogP contribution in [0.25, 0.3) is 0 Å². The molecule has 350 valence electrons. The second kappa shape index (κ2) is 18.1. The summed E-state index contributed by atoms with van der Waals surface area (Å²) in [6, 6.07) is -1.61. The van der Waals surface area contributed by atoms with Gasteiger partial charge in [0.2, 0.25) is 5.95 Å². The number of nitrogens with one attached hydrogen (secondary N) is 2. The quantitative estimate of drug-likeness (QED) is 0.218. The monoisotopic (exact) mass is 885 g/mol. The van der Waals surface area contributed by atoms with E-state index >= 15 is 0 Å². The molecular formula is C40H63N5O17. The minimum atomic E-state index is -1.80. The molecule has 22 heteroatoms. The number of nitrogens with zero attached hydrogens (tertiary/aromatic N) is 3. The molecule has 1 saturated heterocycles. The SMILES string of the molecule is CC(C)(C)OC(=O)Nc1nc2c(c(=O)n1C(=O)OC(C)(C)C)NC1C(OC(=O)OC(C)(C)C)C(OC(=O)OC(C)(C)C)C(COC(=O)OC(C)(C)C)OC1N2C(=O)OC(C)(C)C. The maximum absolute atomic E-state index is 14.7. The molecule has 62 heavy (non-hydrogen) atoms. The van der Waals surface area contributed by atoms with E-state index in [0.29, 0.717) is 4.57 Å². The molecular weight excluding hydrogens is 822 g/mol. The van der Waals surface area contributed by atoms with Crippen LogP contribution >= 0.6 is 0 Å². The molecule has 2 amide bonds. The molecule has 0 saturated carbocycles. The van der Waals surface area contributed by atoms with Gasteiger partial charge in [-0.25, -0.2) is 33.7 Å². The Morgan fingerprint density at radius 2 is 1.05 bits per heavy atom. The van der Waals surface area contributed by atoms with Gasteiger partial charge in [-0.2, -0.15) is 9.55 Å². The Hall–Kier alpha value is -5.54.